The van der Waals surface area contributed by atoms with Gasteiger partial charge in [-0.25, -0.2) is 14.6 Å². The van der Waals surface area contributed by atoms with E-state index in [0.29, 0.717) is 24.6 Å². The Morgan fingerprint density at radius 3 is 2.84 bits per heavy atom. The second-order valence-electron chi connectivity index (χ2n) is 10.0. The van der Waals surface area contributed by atoms with Crippen molar-refractivity contribution in [3.05, 3.63) is 41.0 Å². The Bertz CT molecular complexity index is 1290. The number of halogens is 1. The average molecular weight is 587 g/mol. The molecule has 202 valence electrons. The molecule has 2 fully saturated rings. The molecule has 0 bridgehead atoms. The number of carboxylic acids is 1. The Morgan fingerprint density at radius 2 is 2.05 bits per heavy atom. The van der Waals surface area contributed by atoms with Gasteiger partial charge in [-0.05, 0) is 59.8 Å². The van der Waals surface area contributed by atoms with Crippen molar-refractivity contribution in [1.82, 2.24) is 20.5 Å². The van der Waals surface area contributed by atoms with E-state index >= 15 is 0 Å². The van der Waals surface area contributed by atoms with Crippen LogP contribution in [-0.2, 0) is 9.59 Å². The van der Waals surface area contributed by atoms with Crippen molar-refractivity contribution in [3.63, 3.8) is 0 Å². The van der Waals surface area contributed by atoms with E-state index in [1.54, 1.807) is 13.3 Å². The van der Waals surface area contributed by atoms with Gasteiger partial charge >= 0.3 is 12.0 Å². The Morgan fingerprint density at radius 1 is 1.21 bits per heavy atom. The van der Waals surface area contributed by atoms with Gasteiger partial charge < -0.3 is 30.1 Å². The fraction of sp³-hybridized carbons (Fsp3) is 0.481. The summed E-state index contributed by atoms with van der Waals surface area (Å²) in [5, 5.41) is 17.2. The van der Waals surface area contributed by atoms with Gasteiger partial charge in [0.1, 0.15) is 23.4 Å². The zero-order valence-electron chi connectivity index (χ0n) is 21.1. The summed E-state index contributed by atoms with van der Waals surface area (Å²) in [5.74, 6) is -0.755. The number of fused-ring (bicyclic) bond motifs is 3. The van der Waals surface area contributed by atoms with E-state index in [2.05, 4.69) is 31.5 Å². The lowest BCUT2D eigenvalue weighted by Crippen LogP contribution is -2.54. The monoisotopic (exact) mass is 586 g/mol. The van der Waals surface area contributed by atoms with Crippen LogP contribution in [0, 0.1) is 5.92 Å². The van der Waals surface area contributed by atoms with E-state index in [1.807, 2.05) is 30.4 Å². The maximum absolute atomic E-state index is 13.4. The number of amides is 3. The second-order valence-corrected chi connectivity index (χ2v) is 10.8. The Balaban J connectivity index is 1.39. The molecule has 4 atom stereocenters. The fourth-order valence-corrected chi connectivity index (χ4v) is 5.96. The Labute approximate surface area is 228 Å². The normalized spacial score (nSPS) is 28.7. The Kier molecular flexibility index (Phi) is 7.47. The molecule has 1 aromatic heterocycles. The summed E-state index contributed by atoms with van der Waals surface area (Å²) >= 11 is 3.57. The summed E-state index contributed by atoms with van der Waals surface area (Å²) in [5.41, 5.74) is -1.34. The minimum atomic E-state index is -1.34. The van der Waals surface area contributed by atoms with Crippen molar-refractivity contribution in [2.24, 2.45) is 5.92 Å². The number of hydrogen-bond donors (Lipinski definition) is 3. The van der Waals surface area contributed by atoms with Crippen molar-refractivity contribution >= 4 is 44.6 Å². The molecule has 3 aliphatic rings. The predicted octanol–water partition coefficient (Wildman–Crippen LogP) is 3.63. The molecule has 10 nitrogen and oxygen atoms in total. The highest BCUT2D eigenvalue weighted by molar-refractivity contribution is 9.10. The number of carboxylic acid groups (broad SMARTS) is 1. The molecule has 3 N–H and O–H groups in total. The average Bonchev–Trinajstić information content (AvgIpc) is 3.43. The summed E-state index contributed by atoms with van der Waals surface area (Å²) < 4.78 is 12.4. The summed E-state index contributed by atoms with van der Waals surface area (Å²) in [4.78, 5) is 44.6. The molecule has 5 rings (SSSR count). The number of nitrogens with zero attached hydrogens (tertiary/aromatic N) is 2. The van der Waals surface area contributed by atoms with Gasteiger partial charge in [0.2, 0.25) is 11.8 Å². The Hall–Kier alpha value is -3.34. The SMILES string of the molecule is COc1ccc2c(O[C@@H]3C[C@H]4C(=O)N[C@]5(C(=O)O)C[C@@H]5/C=C\CCCCCNC(=O)N4C3)nccc2c1Br. The molecule has 0 radical (unpaired) electrons. The van der Waals surface area contributed by atoms with Crippen LogP contribution in [0.25, 0.3) is 10.8 Å². The predicted molar refractivity (Wildman–Crippen MR) is 143 cm³/mol. The van der Waals surface area contributed by atoms with E-state index in [9.17, 15) is 19.5 Å². The number of rotatable bonds is 4. The lowest BCUT2D eigenvalue weighted by atomic mass is 10.1. The first-order chi connectivity index (χ1) is 18.3. The van der Waals surface area contributed by atoms with Crippen LogP contribution < -0.4 is 20.1 Å². The summed E-state index contributed by atoms with van der Waals surface area (Å²) in [6, 6.07) is 4.28. The molecule has 3 amide bonds. The van der Waals surface area contributed by atoms with Crippen LogP contribution in [0.3, 0.4) is 0 Å². The number of carbonyl (C=O) groups is 3. The molecule has 1 aromatic carbocycles. The molecule has 3 heterocycles. The largest absolute Gasteiger partial charge is 0.496 e. The van der Waals surface area contributed by atoms with Crippen LogP contribution in [0.5, 0.6) is 11.6 Å². The quantitative estimate of drug-likeness (QED) is 0.466. The minimum absolute atomic E-state index is 0.169. The number of pyridine rings is 1. The number of benzene rings is 1. The highest BCUT2D eigenvalue weighted by Crippen LogP contribution is 2.45. The highest BCUT2D eigenvalue weighted by atomic mass is 79.9. The number of hydrogen-bond acceptors (Lipinski definition) is 6. The number of ether oxygens (including phenoxy) is 2. The van der Waals surface area contributed by atoms with Crippen molar-refractivity contribution in [2.45, 2.75) is 56.2 Å². The topological polar surface area (TPSA) is 130 Å². The zero-order valence-corrected chi connectivity index (χ0v) is 22.7. The summed E-state index contributed by atoms with van der Waals surface area (Å²) in [7, 11) is 1.59. The van der Waals surface area contributed by atoms with Crippen LogP contribution in [0.1, 0.15) is 38.5 Å². The summed E-state index contributed by atoms with van der Waals surface area (Å²) in [6.07, 6.45) is 9.13. The molecule has 38 heavy (non-hydrogen) atoms. The first-order valence-electron chi connectivity index (χ1n) is 12.9. The van der Waals surface area contributed by atoms with Gasteiger partial charge in [0, 0.05) is 35.9 Å². The molecule has 1 aliphatic carbocycles. The number of aliphatic carboxylic acids is 1. The number of nitrogens with one attached hydrogen (secondary N) is 2. The van der Waals surface area contributed by atoms with E-state index in [0.717, 1.165) is 40.9 Å². The van der Waals surface area contributed by atoms with Gasteiger partial charge in [-0.1, -0.05) is 18.6 Å². The lowest BCUT2D eigenvalue weighted by Gasteiger charge is -2.25. The van der Waals surface area contributed by atoms with Crippen molar-refractivity contribution in [3.8, 4) is 11.6 Å². The van der Waals surface area contributed by atoms with E-state index in [-0.39, 0.29) is 24.9 Å². The molecular weight excluding hydrogens is 556 g/mol. The van der Waals surface area contributed by atoms with Gasteiger partial charge in [-0.15, -0.1) is 0 Å². The van der Waals surface area contributed by atoms with Crippen LogP contribution in [-0.4, -0.2) is 70.8 Å². The van der Waals surface area contributed by atoms with E-state index in [4.69, 9.17) is 9.47 Å². The second kappa shape index (κ2) is 10.8. The third-order valence-corrected chi connectivity index (χ3v) is 8.38. The molecule has 2 aromatic rings. The molecule has 2 aliphatic heterocycles. The van der Waals surface area contributed by atoms with Crippen LogP contribution >= 0.6 is 15.9 Å². The zero-order chi connectivity index (χ0) is 26.9. The standard InChI is InChI=1S/C27H31BrN4O6/c1-37-21-9-8-19-18(22(21)28)10-12-29-24(19)38-17-13-20-23(33)31-27(25(34)35)14-16(27)7-5-3-2-4-6-11-30-26(36)32(20)15-17/h5,7-10,12,16-17,20H,2-4,6,11,13-15H2,1H3,(H,30,36)(H,31,33)(H,34,35)/b7-5-/t16-,17+,20-,27+/m0/s1. The van der Waals surface area contributed by atoms with Gasteiger partial charge in [0.05, 0.1) is 18.1 Å². The van der Waals surface area contributed by atoms with Crippen molar-refractivity contribution in [1.29, 1.82) is 0 Å². The maximum atomic E-state index is 13.4. The van der Waals surface area contributed by atoms with E-state index < -0.39 is 29.6 Å². The highest BCUT2D eigenvalue weighted by Gasteiger charge is 2.61. The molecule has 1 saturated carbocycles. The van der Waals surface area contributed by atoms with Crippen LogP contribution in [0.4, 0.5) is 4.79 Å². The first kappa shape index (κ1) is 26.3. The molecule has 1 saturated heterocycles. The first-order valence-corrected chi connectivity index (χ1v) is 13.7. The van der Waals surface area contributed by atoms with Crippen LogP contribution in [0.15, 0.2) is 41.0 Å². The third-order valence-electron chi connectivity index (χ3n) is 7.57. The smallest absolute Gasteiger partial charge is 0.330 e. The number of urea groups is 1. The van der Waals surface area contributed by atoms with Crippen molar-refractivity contribution in [2.75, 3.05) is 20.2 Å². The van der Waals surface area contributed by atoms with Gasteiger partial charge in [-0.2, -0.15) is 0 Å². The lowest BCUT2D eigenvalue weighted by molar-refractivity contribution is -0.144. The van der Waals surface area contributed by atoms with Gasteiger partial charge in [-0.3, -0.25) is 4.79 Å². The molecule has 0 unspecified atom stereocenters. The minimum Gasteiger partial charge on any atom is -0.496 e. The summed E-state index contributed by atoms with van der Waals surface area (Å²) in [6.45, 7) is 0.671. The van der Waals surface area contributed by atoms with Gasteiger partial charge in [0.25, 0.3) is 0 Å². The third kappa shape index (κ3) is 5.03. The fourth-order valence-electron chi connectivity index (χ4n) is 5.32. The number of allylic oxidation sites excluding steroid dienone is 1. The molecule has 11 heteroatoms. The maximum Gasteiger partial charge on any atom is 0.330 e. The van der Waals surface area contributed by atoms with Crippen molar-refractivity contribution < 1.29 is 29.0 Å². The molecular formula is C27H31BrN4O6. The number of methoxy groups -OCH3 is 1. The molecule has 0 spiro atoms. The number of aromatic nitrogens is 1. The van der Waals surface area contributed by atoms with Gasteiger partial charge in [0.15, 0.2) is 0 Å². The van der Waals surface area contributed by atoms with Crippen LogP contribution in [0.2, 0.25) is 0 Å². The number of carbonyl (C=O) groups excluding carboxylic acids is 2. The van der Waals surface area contributed by atoms with E-state index in [1.165, 1.54) is 4.90 Å².